The molecule has 118 valence electrons. The summed E-state index contributed by atoms with van der Waals surface area (Å²) in [6, 6.07) is 20.1. The van der Waals surface area contributed by atoms with Crippen LogP contribution < -0.4 is 0 Å². The van der Waals surface area contributed by atoms with Gasteiger partial charge >= 0.3 is 0 Å². The highest BCUT2D eigenvalue weighted by Gasteiger charge is 2.14. The SMILES string of the molecule is c1cc(-c2ccc3c(c2)CCC3)nc(-c2ccc3c(c2)CCC3)c1. The number of fused-ring (bicyclic) bond motifs is 2. The predicted molar refractivity (Wildman–Crippen MR) is 99.2 cm³/mol. The van der Waals surface area contributed by atoms with Crippen molar-refractivity contribution in [1.82, 2.24) is 4.98 Å². The molecular weight excluding hydrogens is 290 g/mol. The lowest BCUT2D eigenvalue weighted by Gasteiger charge is -2.08. The second-order valence-electron chi connectivity index (χ2n) is 7.08. The summed E-state index contributed by atoms with van der Waals surface area (Å²) in [6.07, 6.45) is 7.49. The Kier molecular flexibility index (Phi) is 3.26. The van der Waals surface area contributed by atoms with Crippen LogP contribution in [0.4, 0.5) is 0 Å². The molecule has 0 atom stereocenters. The van der Waals surface area contributed by atoms with Crippen LogP contribution in [0.1, 0.15) is 35.1 Å². The van der Waals surface area contributed by atoms with Crippen LogP contribution in [0.25, 0.3) is 22.5 Å². The topological polar surface area (TPSA) is 12.9 Å². The molecule has 0 unspecified atom stereocenters. The average molecular weight is 311 g/mol. The summed E-state index contributed by atoms with van der Waals surface area (Å²) in [5.74, 6) is 0. The number of nitrogens with zero attached hydrogens (tertiary/aromatic N) is 1. The van der Waals surface area contributed by atoms with Crippen molar-refractivity contribution in [1.29, 1.82) is 0 Å². The molecule has 0 saturated heterocycles. The Balaban J connectivity index is 1.54. The van der Waals surface area contributed by atoms with Gasteiger partial charge in [0.2, 0.25) is 0 Å². The molecule has 0 N–H and O–H groups in total. The van der Waals surface area contributed by atoms with E-state index >= 15 is 0 Å². The van der Waals surface area contributed by atoms with Gasteiger partial charge in [0.05, 0.1) is 11.4 Å². The van der Waals surface area contributed by atoms with Crippen molar-refractivity contribution >= 4 is 0 Å². The molecule has 0 saturated carbocycles. The van der Waals surface area contributed by atoms with Gasteiger partial charge in [0.25, 0.3) is 0 Å². The van der Waals surface area contributed by atoms with Gasteiger partial charge in [0, 0.05) is 11.1 Å². The molecule has 24 heavy (non-hydrogen) atoms. The quantitative estimate of drug-likeness (QED) is 0.618. The lowest BCUT2D eigenvalue weighted by atomic mass is 10.0. The number of hydrogen-bond donors (Lipinski definition) is 0. The van der Waals surface area contributed by atoms with Gasteiger partial charge in [-0.1, -0.05) is 30.3 Å². The number of aryl methyl sites for hydroxylation is 4. The summed E-state index contributed by atoms with van der Waals surface area (Å²) in [7, 11) is 0. The van der Waals surface area contributed by atoms with Crippen LogP contribution in [0.5, 0.6) is 0 Å². The highest BCUT2D eigenvalue weighted by molar-refractivity contribution is 5.68. The predicted octanol–water partition coefficient (Wildman–Crippen LogP) is 5.39. The van der Waals surface area contributed by atoms with Crippen molar-refractivity contribution in [3.8, 4) is 22.5 Å². The second kappa shape index (κ2) is 5.59. The first kappa shape index (κ1) is 14.0. The summed E-state index contributed by atoms with van der Waals surface area (Å²) in [5.41, 5.74) is 10.7. The summed E-state index contributed by atoms with van der Waals surface area (Å²) in [6.45, 7) is 0. The third kappa shape index (κ3) is 2.36. The van der Waals surface area contributed by atoms with Gasteiger partial charge in [0.15, 0.2) is 0 Å². The molecule has 0 spiro atoms. The highest BCUT2D eigenvalue weighted by atomic mass is 14.7. The van der Waals surface area contributed by atoms with Gasteiger partial charge in [0.1, 0.15) is 0 Å². The largest absolute Gasteiger partial charge is 0.248 e. The van der Waals surface area contributed by atoms with Crippen molar-refractivity contribution in [3.63, 3.8) is 0 Å². The molecule has 1 nitrogen and oxygen atoms in total. The molecule has 2 aliphatic carbocycles. The summed E-state index contributed by atoms with van der Waals surface area (Å²) >= 11 is 0. The first-order valence-corrected chi connectivity index (χ1v) is 9.08. The zero-order valence-electron chi connectivity index (χ0n) is 13.9. The van der Waals surface area contributed by atoms with Gasteiger partial charge in [-0.3, -0.25) is 0 Å². The lowest BCUT2D eigenvalue weighted by molar-refractivity contribution is 0.912. The third-order valence-corrected chi connectivity index (χ3v) is 5.54. The van der Waals surface area contributed by atoms with E-state index in [1.807, 2.05) is 0 Å². The summed E-state index contributed by atoms with van der Waals surface area (Å²) in [4.78, 5) is 4.96. The molecule has 1 heterocycles. The van der Waals surface area contributed by atoms with E-state index in [1.54, 1.807) is 0 Å². The van der Waals surface area contributed by atoms with E-state index < -0.39 is 0 Å². The Hall–Kier alpha value is -2.41. The molecule has 0 bridgehead atoms. The molecule has 2 aliphatic rings. The third-order valence-electron chi connectivity index (χ3n) is 5.54. The van der Waals surface area contributed by atoms with E-state index in [-0.39, 0.29) is 0 Å². The maximum Gasteiger partial charge on any atom is 0.0709 e. The molecule has 3 aromatic rings. The van der Waals surface area contributed by atoms with Gasteiger partial charge in [-0.2, -0.15) is 0 Å². The first-order valence-electron chi connectivity index (χ1n) is 9.08. The van der Waals surface area contributed by atoms with Crippen molar-refractivity contribution in [2.24, 2.45) is 0 Å². The number of benzene rings is 2. The van der Waals surface area contributed by atoms with Crippen LogP contribution in [0.3, 0.4) is 0 Å². The van der Waals surface area contributed by atoms with Crippen LogP contribution in [-0.2, 0) is 25.7 Å². The molecule has 5 rings (SSSR count). The smallest absolute Gasteiger partial charge is 0.0709 e. The fourth-order valence-corrected chi connectivity index (χ4v) is 4.22. The minimum Gasteiger partial charge on any atom is -0.248 e. The molecule has 0 amide bonds. The Bertz CT molecular complexity index is 850. The van der Waals surface area contributed by atoms with Crippen LogP contribution in [0.15, 0.2) is 54.6 Å². The van der Waals surface area contributed by atoms with Crippen molar-refractivity contribution in [2.45, 2.75) is 38.5 Å². The van der Waals surface area contributed by atoms with Gasteiger partial charge < -0.3 is 0 Å². The zero-order valence-corrected chi connectivity index (χ0v) is 13.9. The van der Waals surface area contributed by atoms with E-state index in [0.717, 1.165) is 11.4 Å². The average Bonchev–Trinajstić information content (AvgIpc) is 3.29. The van der Waals surface area contributed by atoms with Crippen LogP contribution in [0.2, 0.25) is 0 Å². The van der Waals surface area contributed by atoms with E-state index in [9.17, 15) is 0 Å². The fourth-order valence-electron chi connectivity index (χ4n) is 4.22. The standard InChI is InChI=1S/C23H21N/c1-4-16-10-12-20(14-18(16)6-1)22-8-3-9-23(24-22)21-13-11-17-5-2-7-19(17)15-21/h3,8-15H,1-2,4-7H2. The second-order valence-corrected chi connectivity index (χ2v) is 7.08. The van der Waals surface area contributed by atoms with E-state index in [1.165, 1.54) is 71.9 Å². The van der Waals surface area contributed by atoms with Crippen LogP contribution in [0, 0.1) is 0 Å². The number of rotatable bonds is 2. The molecule has 0 aliphatic heterocycles. The minimum atomic E-state index is 1.09. The molecule has 1 heteroatoms. The summed E-state index contributed by atoms with van der Waals surface area (Å²) < 4.78 is 0. The maximum absolute atomic E-state index is 4.96. The van der Waals surface area contributed by atoms with Gasteiger partial charge in [-0.25, -0.2) is 4.98 Å². The number of pyridine rings is 1. The number of aromatic nitrogens is 1. The number of hydrogen-bond acceptors (Lipinski definition) is 1. The Labute approximate surface area is 143 Å². The van der Waals surface area contributed by atoms with Crippen LogP contribution in [-0.4, -0.2) is 4.98 Å². The van der Waals surface area contributed by atoms with Crippen molar-refractivity contribution in [3.05, 3.63) is 76.9 Å². The minimum absolute atomic E-state index is 1.09. The monoisotopic (exact) mass is 311 g/mol. The van der Waals surface area contributed by atoms with E-state index in [4.69, 9.17) is 4.98 Å². The van der Waals surface area contributed by atoms with E-state index in [0.29, 0.717) is 0 Å². The Morgan fingerprint density at radius 2 is 1.04 bits per heavy atom. The van der Waals surface area contributed by atoms with Gasteiger partial charge in [-0.15, -0.1) is 0 Å². The molecular formula is C23H21N. The molecule has 0 radical (unpaired) electrons. The van der Waals surface area contributed by atoms with Gasteiger partial charge in [-0.05, 0) is 85.0 Å². The Morgan fingerprint density at radius 3 is 1.58 bits per heavy atom. The highest BCUT2D eigenvalue weighted by Crippen LogP contribution is 2.30. The van der Waals surface area contributed by atoms with Crippen molar-refractivity contribution < 1.29 is 0 Å². The molecule has 0 fully saturated rings. The normalized spacial score (nSPS) is 15.3. The molecule has 2 aromatic carbocycles. The Morgan fingerprint density at radius 1 is 0.542 bits per heavy atom. The first-order chi connectivity index (χ1) is 11.9. The van der Waals surface area contributed by atoms with E-state index in [2.05, 4.69) is 54.6 Å². The molecule has 1 aromatic heterocycles. The van der Waals surface area contributed by atoms with Crippen LogP contribution >= 0.6 is 0 Å². The lowest BCUT2D eigenvalue weighted by Crippen LogP contribution is -1.91. The van der Waals surface area contributed by atoms with Crippen molar-refractivity contribution in [2.75, 3.05) is 0 Å². The zero-order chi connectivity index (χ0) is 15.9. The fraction of sp³-hybridized carbons (Fsp3) is 0.261. The maximum atomic E-state index is 4.96. The summed E-state index contributed by atoms with van der Waals surface area (Å²) in [5, 5.41) is 0.